The molecule has 198 valence electrons. The van der Waals surface area contributed by atoms with Crippen LogP contribution in [0.2, 0.25) is 0 Å². The molecule has 4 heterocycles. The highest BCUT2D eigenvalue weighted by molar-refractivity contribution is 5.83. The van der Waals surface area contributed by atoms with Crippen LogP contribution in [0.3, 0.4) is 0 Å². The molecule has 5 rings (SSSR count). The minimum atomic E-state index is -0.638. The maximum atomic E-state index is 15.0. The van der Waals surface area contributed by atoms with Gasteiger partial charge in [-0.2, -0.15) is 0 Å². The molecule has 4 aromatic rings. The van der Waals surface area contributed by atoms with E-state index in [0.29, 0.717) is 22.7 Å². The van der Waals surface area contributed by atoms with E-state index in [4.69, 9.17) is 0 Å². The fourth-order valence-electron chi connectivity index (χ4n) is 5.21. The molecule has 0 amide bonds. The van der Waals surface area contributed by atoms with Crippen molar-refractivity contribution in [3.63, 3.8) is 0 Å². The number of nitrogens with zero attached hydrogens (tertiary/aromatic N) is 6. The smallest absolute Gasteiger partial charge is 0.229 e. The maximum Gasteiger partial charge on any atom is 0.229 e. The lowest BCUT2D eigenvalue weighted by Gasteiger charge is -2.28. The Morgan fingerprint density at radius 2 is 1.79 bits per heavy atom. The Hall–Kier alpha value is -3.72. The minimum Gasteiger partial charge on any atom is -0.326 e. The first-order valence-corrected chi connectivity index (χ1v) is 13.1. The lowest BCUT2D eigenvalue weighted by molar-refractivity contribution is 0.270. The van der Waals surface area contributed by atoms with Crippen molar-refractivity contribution in [1.82, 2.24) is 29.4 Å². The summed E-state index contributed by atoms with van der Waals surface area (Å²) in [5, 5.41) is 3.05. The zero-order valence-corrected chi connectivity index (χ0v) is 22.5. The van der Waals surface area contributed by atoms with Gasteiger partial charge in [0.25, 0.3) is 0 Å². The van der Waals surface area contributed by atoms with E-state index >= 15 is 0 Å². The molecule has 0 saturated carbocycles. The number of hydrogen-bond acceptors (Lipinski definition) is 6. The quantitative estimate of drug-likeness (QED) is 0.307. The summed E-state index contributed by atoms with van der Waals surface area (Å²) in [5.74, 6) is 0.261. The van der Waals surface area contributed by atoms with Gasteiger partial charge in [-0.3, -0.25) is 0 Å². The molecule has 1 fully saturated rings. The van der Waals surface area contributed by atoms with Crippen LogP contribution in [0.15, 0.2) is 42.2 Å². The average molecular weight is 518 g/mol. The molecular formula is C29H33F2N7. The number of nitrogens with one attached hydrogen (secondary N) is 1. The lowest BCUT2D eigenvalue weighted by atomic mass is 9.95. The normalized spacial score (nSPS) is 14.5. The third-order valence-electron chi connectivity index (χ3n) is 7.33. The van der Waals surface area contributed by atoms with Crippen LogP contribution in [0.4, 0.5) is 20.5 Å². The van der Waals surface area contributed by atoms with Crippen molar-refractivity contribution < 1.29 is 8.78 Å². The fraction of sp³-hybridized carbons (Fsp3) is 0.379. The van der Waals surface area contributed by atoms with Crippen molar-refractivity contribution in [2.24, 2.45) is 0 Å². The molecule has 7 nitrogen and oxygen atoms in total. The van der Waals surface area contributed by atoms with E-state index in [1.54, 1.807) is 6.07 Å². The molecule has 0 bridgehead atoms. The van der Waals surface area contributed by atoms with Crippen molar-refractivity contribution in [3.8, 4) is 11.3 Å². The van der Waals surface area contributed by atoms with Gasteiger partial charge in [-0.1, -0.05) is 12.5 Å². The minimum absolute atomic E-state index is 0.00748. The molecule has 0 radical (unpaired) electrons. The summed E-state index contributed by atoms with van der Waals surface area (Å²) in [4.78, 5) is 19.8. The largest absolute Gasteiger partial charge is 0.326 e. The SMILES string of the molecule is CCN1CCC(=C(C)c2ccc(Nc3ncc(F)c(-c4cc(F)c5nc(C)n(C(C)C)c5c4)n3)nc2)CC1. The van der Waals surface area contributed by atoms with Gasteiger partial charge in [0.1, 0.15) is 22.9 Å². The van der Waals surface area contributed by atoms with Crippen LogP contribution in [0.1, 0.15) is 58.0 Å². The van der Waals surface area contributed by atoms with E-state index < -0.39 is 11.6 Å². The molecule has 9 heteroatoms. The number of allylic oxidation sites excluding steroid dienone is 1. The zero-order chi connectivity index (χ0) is 27.0. The summed E-state index contributed by atoms with van der Waals surface area (Å²) in [6, 6.07) is 6.94. The molecule has 0 aliphatic carbocycles. The van der Waals surface area contributed by atoms with Crippen LogP contribution in [0, 0.1) is 18.6 Å². The number of aryl methyl sites for hydroxylation is 1. The topological polar surface area (TPSA) is 71.8 Å². The number of halogens is 2. The molecule has 3 aromatic heterocycles. The number of likely N-dealkylation sites (tertiary alicyclic amines) is 1. The maximum absolute atomic E-state index is 15.0. The number of piperidine rings is 1. The van der Waals surface area contributed by atoms with Gasteiger partial charge in [0.2, 0.25) is 5.95 Å². The summed E-state index contributed by atoms with van der Waals surface area (Å²) in [5.41, 5.74) is 5.01. The van der Waals surface area contributed by atoms with Crippen LogP contribution in [-0.2, 0) is 0 Å². The average Bonchev–Trinajstić information content (AvgIpc) is 3.26. The summed E-state index contributed by atoms with van der Waals surface area (Å²) in [7, 11) is 0. The Morgan fingerprint density at radius 3 is 2.45 bits per heavy atom. The number of aromatic nitrogens is 5. The molecular weight excluding hydrogens is 484 g/mol. The van der Waals surface area contributed by atoms with Gasteiger partial charge < -0.3 is 14.8 Å². The van der Waals surface area contributed by atoms with Crippen LogP contribution >= 0.6 is 0 Å². The Kier molecular flexibility index (Phi) is 7.21. The molecule has 1 aromatic carbocycles. The first-order chi connectivity index (χ1) is 18.2. The Labute approximate surface area is 221 Å². The van der Waals surface area contributed by atoms with E-state index in [9.17, 15) is 8.78 Å². The van der Waals surface area contributed by atoms with Gasteiger partial charge in [0.05, 0.1) is 11.7 Å². The highest BCUT2D eigenvalue weighted by Crippen LogP contribution is 2.31. The third kappa shape index (κ3) is 5.03. The van der Waals surface area contributed by atoms with Crippen LogP contribution in [0.25, 0.3) is 27.9 Å². The highest BCUT2D eigenvalue weighted by Gasteiger charge is 2.19. The number of pyridine rings is 1. The zero-order valence-electron chi connectivity index (χ0n) is 22.5. The molecule has 1 N–H and O–H groups in total. The summed E-state index contributed by atoms with van der Waals surface area (Å²) < 4.78 is 31.7. The van der Waals surface area contributed by atoms with Crippen molar-refractivity contribution in [2.45, 2.75) is 53.5 Å². The second-order valence-corrected chi connectivity index (χ2v) is 10.1. The predicted molar refractivity (Wildman–Crippen MR) is 147 cm³/mol. The van der Waals surface area contributed by atoms with Gasteiger partial charge in [-0.05, 0) is 82.5 Å². The number of hydrogen-bond donors (Lipinski definition) is 1. The summed E-state index contributed by atoms with van der Waals surface area (Å²) >= 11 is 0. The number of rotatable bonds is 6. The van der Waals surface area contributed by atoms with Crippen molar-refractivity contribution >= 4 is 28.4 Å². The number of anilines is 2. The highest BCUT2D eigenvalue weighted by atomic mass is 19.1. The second kappa shape index (κ2) is 10.6. The monoisotopic (exact) mass is 517 g/mol. The number of imidazole rings is 1. The molecule has 1 saturated heterocycles. The molecule has 1 aliphatic rings. The Bertz CT molecular complexity index is 1500. The van der Waals surface area contributed by atoms with Gasteiger partial charge >= 0.3 is 0 Å². The second-order valence-electron chi connectivity index (χ2n) is 10.1. The number of fused-ring (bicyclic) bond motifs is 1. The fourth-order valence-corrected chi connectivity index (χ4v) is 5.21. The van der Waals surface area contributed by atoms with Gasteiger partial charge in [0, 0.05) is 30.9 Å². The van der Waals surface area contributed by atoms with Gasteiger partial charge in [0.15, 0.2) is 11.6 Å². The van der Waals surface area contributed by atoms with Crippen molar-refractivity contribution in [3.05, 3.63) is 65.3 Å². The predicted octanol–water partition coefficient (Wildman–Crippen LogP) is 6.69. The first-order valence-electron chi connectivity index (χ1n) is 13.1. The van der Waals surface area contributed by atoms with Crippen molar-refractivity contribution in [1.29, 1.82) is 0 Å². The van der Waals surface area contributed by atoms with E-state index in [1.165, 1.54) is 17.2 Å². The molecule has 0 spiro atoms. The molecule has 1 aliphatic heterocycles. The van der Waals surface area contributed by atoms with Crippen molar-refractivity contribution in [2.75, 3.05) is 25.0 Å². The van der Waals surface area contributed by atoms with E-state index in [0.717, 1.165) is 44.2 Å². The molecule has 0 atom stereocenters. The lowest BCUT2D eigenvalue weighted by Crippen LogP contribution is -2.30. The van der Waals surface area contributed by atoms with Gasteiger partial charge in [-0.15, -0.1) is 0 Å². The van der Waals surface area contributed by atoms with E-state index in [1.807, 2.05) is 43.7 Å². The number of benzene rings is 1. The summed E-state index contributed by atoms with van der Waals surface area (Å²) in [6.07, 6.45) is 5.08. The third-order valence-corrected chi connectivity index (χ3v) is 7.33. The van der Waals surface area contributed by atoms with E-state index in [2.05, 4.69) is 44.0 Å². The van der Waals surface area contributed by atoms with E-state index in [-0.39, 0.29) is 23.2 Å². The molecule has 38 heavy (non-hydrogen) atoms. The standard InChI is InChI=1S/C29H33F2N7/c1-6-37-11-9-20(10-12-37)18(4)21-7-8-26(32-15-21)35-29-33-16-24(31)27(36-29)22-13-23(30)28-25(14-22)38(17(2)3)19(5)34-28/h7-8,13-17H,6,9-12H2,1-5H3,(H,32,33,35,36). The Morgan fingerprint density at radius 1 is 1.03 bits per heavy atom. The van der Waals surface area contributed by atoms with Crippen LogP contribution < -0.4 is 5.32 Å². The van der Waals surface area contributed by atoms with Crippen LogP contribution in [-0.4, -0.2) is 49.0 Å². The van der Waals surface area contributed by atoms with Crippen LogP contribution in [0.5, 0.6) is 0 Å². The Balaban J connectivity index is 1.40. The summed E-state index contributed by atoms with van der Waals surface area (Å²) in [6.45, 7) is 13.5. The first kappa shape index (κ1) is 25.9. The molecule has 0 unspecified atom stereocenters. The van der Waals surface area contributed by atoms with Gasteiger partial charge in [-0.25, -0.2) is 28.7 Å².